The number of ether oxygens (including phenoxy) is 1. The molecule has 9 heteroatoms. The van der Waals surface area contributed by atoms with Gasteiger partial charge in [0.2, 0.25) is 11.8 Å². The first-order valence-electron chi connectivity index (χ1n) is 14.2. The summed E-state index contributed by atoms with van der Waals surface area (Å²) in [6, 6.07) is 23.8. The van der Waals surface area contributed by atoms with Crippen molar-refractivity contribution < 1.29 is 22.7 Å². The van der Waals surface area contributed by atoms with E-state index in [1.807, 2.05) is 37.3 Å². The lowest BCUT2D eigenvalue weighted by atomic mass is 10.1. The molecule has 218 valence electrons. The molecule has 1 unspecified atom stereocenters. The van der Waals surface area contributed by atoms with Gasteiger partial charge in [-0.15, -0.1) is 0 Å². The maximum Gasteiger partial charge on any atom is 0.264 e. The zero-order valence-corrected chi connectivity index (χ0v) is 24.6. The van der Waals surface area contributed by atoms with Crippen LogP contribution in [0.3, 0.4) is 0 Å². The minimum absolute atomic E-state index is 0.0421. The fourth-order valence-corrected chi connectivity index (χ4v) is 6.50. The van der Waals surface area contributed by atoms with Gasteiger partial charge in [0.1, 0.15) is 18.3 Å². The summed E-state index contributed by atoms with van der Waals surface area (Å²) in [5.41, 5.74) is 1.39. The smallest absolute Gasteiger partial charge is 0.264 e. The average Bonchev–Trinajstić information content (AvgIpc) is 3.50. The summed E-state index contributed by atoms with van der Waals surface area (Å²) in [4.78, 5) is 28.8. The average molecular weight is 578 g/mol. The second-order valence-corrected chi connectivity index (χ2v) is 12.1. The lowest BCUT2D eigenvalue weighted by Gasteiger charge is -2.32. The molecule has 1 aliphatic rings. The van der Waals surface area contributed by atoms with Crippen LogP contribution in [0.2, 0.25) is 0 Å². The molecule has 0 heterocycles. The number of carbonyl (C=O) groups excluding carboxylic acids is 2. The van der Waals surface area contributed by atoms with Gasteiger partial charge in [-0.2, -0.15) is 0 Å². The molecule has 0 radical (unpaired) electrons. The summed E-state index contributed by atoms with van der Waals surface area (Å²) >= 11 is 0. The van der Waals surface area contributed by atoms with Crippen molar-refractivity contribution in [2.45, 2.75) is 62.9 Å². The Morgan fingerprint density at radius 1 is 0.927 bits per heavy atom. The van der Waals surface area contributed by atoms with Gasteiger partial charge in [-0.05, 0) is 75.1 Å². The van der Waals surface area contributed by atoms with E-state index >= 15 is 0 Å². The predicted octanol–water partition coefficient (Wildman–Crippen LogP) is 4.80. The van der Waals surface area contributed by atoms with E-state index in [4.69, 9.17) is 4.74 Å². The molecule has 1 fully saturated rings. The Morgan fingerprint density at radius 2 is 1.54 bits per heavy atom. The Hall–Kier alpha value is -3.85. The van der Waals surface area contributed by atoms with Crippen LogP contribution in [0.5, 0.6) is 5.75 Å². The zero-order chi connectivity index (χ0) is 29.2. The molecule has 3 aromatic carbocycles. The molecule has 0 aliphatic heterocycles. The van der Waals surface area contributed by atoms with E-state index in [2.05, 4.69) is 5.32 Å². The van der Waals surface area contributed by atoms with E-state index in [-0.39, 0.29) is 23.4 Å². The van der Waals surface area contributed by atoms with E-state index in [9.17, 15) is 18.0 Å². The van der Waals surface area contributed by atoms with Gasteiger partial charge >= 0.3 is 0 Å². The first-order chi connectivity index (χ1) is 19.8. The maximum absolute atomic E-state index is 14.0. The van der Waals surface area contributed by atoms with Crippen molar-refractivity contribution in [2.24, 2.45) is 0 Å². The topological polar surface area (TPSA) is 96.0 Å². The molecule has 2 amide bonds. The van der Waals surface area contributed by atoms with Crippen LogP contribution in [0.1, 0.15) is 45.1 Å². The number of hydrogen-bond donors (Lipinski definition) is 1. The highest BCUT2D eigenvalue weighted by Crippen LogP contribution is 2.26. The van der Waals surface area contributed by atoms with E-state index in [1.54, 1.807) is 49.4 Å². The van der Waals surface area contributed by atoms with Gasteiger partial charge in [0, 0.05) is 12.6 Å². The van der Waals surface area contributed by atoms with Crippen LogP contribution in [-0.2, 0) is 26.0 Å². The number of anilines is 1. The van der Waals surface area contributed by atoms with Crippen LogP contribution in [0, 0.1) is 0 Å². The van der Waals surface area contributed by atoms with Gasteiger partial charge in [-0.3, -0.25) is 13.9 Å². The Balaban J connectivity index is 1.61. The molecule has 8 nitrogen and oxygen atoms in total. The van der Waals surface area contributed by atoms with E-state index in [0.717, 1.165) is 35.6 Å². The quantitative estimate of drug-likeness (QED) is 0.315. The predicted molar refractivity (Wildman–Crippen MR) is 160 cm³/mol. The third-order valence-electron chi connectivity index (χ3n) is 7.40. The van der Waals surface area contributed by atoms with E-state index in [1.165, 1.54) is 17.0 Å². The lowest BCUT2D eigenvalue weighted by molar-refractivity contribution is -0.139. The highest BCUT2D eigenvalue weighted by atomic mass is 32.2. The fraction of sp³-hybridized carbons (Fsp3) is 0.375. The molecule has 0 bridgehead atoms. The minimum Gasteiger partial charge on any atom is -0.494 e. The molecule has 3 aromatic rings. The normalized spacial score (nSPS) is 14.3. The second-order valence-electron chi connectivity index (χ2n) is 10.2. The van der Waals surface area contributed by atoms with Crippen molar-refractivity contribution in [1.82, 2.24) is 10.2 Å². The standard InChI is InChI=1S/C32H39N3O5S/c1-3-40-29-18-20-30(21-19-29)41(38,39)35(28-16-8-5-9-17-28)24-31(36)34(23-22-26-12-6-4-7-13-26)25(2)32(37)33-27-14-10-11-15-27/h4-9,12-13,16-21,25,27H,3,10-11,14-15,22-24H2,1-2H3,(H,33,37). The molecule has 1 aliphatic carbocycles. The van der Waals surface area contributed by atoms with Gasteiger partial charge < -0.3 is 15.0 Å². The number of sulfonamides is 1. The maximum atomic E-state index is 14.0. The van der Waals surface area contributed by atoms with Crippen molar-refractivity contribution in [3.63, 3.8) is 0 Å². The van der Waals surface area contributed by atoms with Crippen LogP contribution in [-0.4, -0.2) is 56.9 Å². The number of carbonyl (C=O) groups is 2. The molecule has 41 heavy (non-hydrogen) atoms. The molecular formula is C32H39N3O5S. The summed E-state index contributed by atoms with van der Waals surface area (Å²) in [5.74, 6) is -0.115. The first-order valence-corrected chi connectivity index (χ1v) is 15.7. The highest BCUT2D eigenvalue weighted by Gasteiger charge is 2.33. The molecule has 0 aromatic heterocycles. The molecule has 0 spiro atoms. The Morgan fingerprint density at radius 3 is 2.15 bits per heavy atom. The Kier molecular flexibility index (Phi) is 10.4. The van der Waals surface area contributed by atoms with Crippen molar-refractivity contribution in [1.29, 1.82) is 0 Å². The summed E-state index contributed by atoms with van der Waals surface area (Å²) < 4.78 is 34.4. The third-order valence-corrected chi connectivity index (χ3v) is 9.19. The number of benzene rings is 3. The number of nitrogens with zero attached hydrogens (tertiary/aromatic N) is 2. The number of para-hydroxylation sites is 1. The molecule has 1 saturated carbocycles. The summed E-state index contributed by atoms with van der Waals surface area (Å²) in [6.07, 6.45) is 4.54. The molecule has 1 N–H and O–H groups in total. The van der Waals surface area contributed by atoms with Gasteiger partial charge in [-0.1, -0.05) is 61.4 Å². The van der Waals surface area contributed by atoms with Crippen molar-refractivity contribution in [3.05, 3.63) is 90.5 Å². The summed E-state index contributed by atoms with van der Waals surface area (Å²) in [7, 11) is -4.12. The first kappa shape index (κ1) is 30.1. The van der Waals surface area contributed by atoms with Crippen molar-refractivity contribution >= 4 is 27.5 Å². The summed E-state index contributed by atoms with van der Waals surface area (Å²) in [5, 5.41) is 3.09. The Bertz CT molecular complexity index is 1380. The summed E-state index contributed by atoms with van der Waals surface area (Å²) in [6.45, 7) is 3.85. The van der Waals surface area contributed by atoms with Gasteiger partial charge in [0.25, 0.3) is 10.0 Å². The number of amides is 2. The molecule has 4 rings (SSSR count). The van der Waals surface area contributed by atoms with Gasteiger partial charge in [-0.25, -0.2) is 8.42 Å². The van der Waals surface area contributed by atoms with Crippen molar-refractivity contribution in [2.75, 3.05) is 24.0 Å². The Labute approximate surface area is 243 Å². The second kappa shape index (κ2) is 14.2. The minimum atomic E-state index is -4.12. The number of rotatable bonds is 13. The fourth-order valence-electron chi connectivity index (χ4n) is 5.09. The number of hydrogen-bond acceptors (Lipinski definition) is 5. The number of nitrogens with one attached hydrogen (secondary N) is 1. The van der Waals surface area contributed by atoms with Crippen LogP contribution in [0.25, 0.3) is 0 Å². The zero-order valence-electron chi connectivity index (χ0n) is 23.7. The van der Waals surface area contributed by atoms with Gasteiger partial charge in [0.05, 0.1) is 17.2 Å². The molecule has 1 atom stereocenters. The third kappa shape index (κ3) is 7.88. The van der Waals surface area contributed by atoms with Crippen LogP contribution < -0.4 is 14.4 Å². The van der Waals surface area contributed by atoms with E-state index < -0.39 is 28.5 Å². The van der Waals surface area contributed by atoms with Crippen LogP contribution in [0.4, 0.5) is 5.69 Å². The largest absolute Gasteiger partial charge is 0.494 e. The van der Waals surface area contributed by atoms with E-state index in [0.29, 0.717) is 24.5 Å². The SMILES string of the molecule is CCOc1ccc(S(=O)(=O)N(CC(=O)N(CCc2ccccc2)C(C)C(=O)NC2CCCC2)c2ccccc2)cc1. The van der Waals surface area contributed by atoms with Gasteiger partial charge in [0.15, 0.2) is 0 Å². The van der Waals surface area contributed by atoms with Crippen molar-refractivity contribution in [3.8, 4) is 5.75 Å². The van der Waals surface area contributed by atoms with Crippen LogP contribution >= 0.6 is 0 Å². The molecule has 0 saturated heterocycles. The monoisotopic (exact) mass is 577 g/mol. The van der Waals surface area contributed by atoms with Crippen LogP contribution in [0.15, 0.2) is 89.8 Å². The lowest BCUT2D eigenvalue weighted by Crippen LogP contribution is -2.53. The highest BCUT2D eigenvalue weighted by molar-refractivity contribution is 7.92. The molecular weight excluding hydrogens is 538 g/mol.